The topological polar surface area (TPSA) is 165 Å². The highest BCUT2D eigenvalue weighted by Gasteiger charge is 2.55. The van der Waals surface area contributed by atoms with E-state index in [1.807, 2.05) is 0 Å². The predicted octanol–water partition coefficient (Wildman–Crippen LogP) is 1.81. The van der Waals surface area contributed by atoms with Crippen molar-refractivity contribution in [2.75, 3.05) is 18.1 Å². The van der Waals surface area contributed by atoms with Crippen LogP contribution in [0.3, 0.4) is 0 Å². The molecule has 2 aliphatic heterocycles. The molecule has 4 bridgehead atoms. The molecule has 2 heterocycles. The lowest BCUT2D eigenvalue weighted by atomic mass is 9.49. The van der Waals surface area contributed by atoms with E-state index in [4.69, 9.17) is 0 Å². The average Bonchev–Trinajstić information content (AvgIpc) is 2.88. The zero-order chi connectivity index (χ0) is 28.7. The number of carbonyl (C=O) groups is 5. The Bertz CT molecular complexity index is 1020. The Morgan fingerprint density at radius 3 is 2.20 bits per heavy atom. The molecule has 4 atom stereocenters. The number of rotatable bonds is 5. The SMILES string of the molecule is C[C@]1(CC(=O)O)NC(=O)C(NC(=O)C23CC4CC(CC(C4)C2)C3)CSSC[C@@H](C(=O)O)NC(=O)[C@@H]2CCCCN21. The monoisotopic (exact) mass is 596 g/mol. The maximum absolute atomic E-state index is 13.8. The quantitative estimate of drug-likeness (QED) is 0.296. The molecule has 0 spiro atoms. The van der Waals surface area contributed by atoms with Gasteiger partial charge in [0.2, 0.25) is 17.7 Å². The van der Waals surface area contributed by atoms with Crippen molar-refractivity contribution in [1.82, 2.24) is 20.9 Å². The van der Waals surface area contributed by atoms with Gasteiger partial charge in [0.15, 0.2) is 0 Å². The van der Waals surface area contributed by atoms with Gasteiger partial charge in [0.1, 0.15) is 17.7 Å². The maximum Gasteiger partial charge on any atom is 0.327 e. The van der Waals surface area contributed by atoms with E-state index in [1.54, 1.807) is 11.8 Å². The van der Waals surface area contributed by atoms with Crippen LogP contribution in [0.1, 0.15) is 71.1 Å². The molecule has 222 valence electrons. The summed E-state index contributed by atoms with van der Waals surface area (Å²) in [4.78, 5) is 66.6. The fraction of sp³-hybridized carbons (Fsp3) is 0.815. The highest BCUT2D eigenvalue weighted by Crippen LogP contribution is 2.60. The van der Waals surface area contributed by atoms with Crippen LogP contribution >= 0.6 is 21.6 Å². The normalized spacial score (nSPS) is 40.4. The van der Waals surface area contributed by atoms with Gasteiger partial charge < -0.3 is 26.2 Å². The third-order valence-corrected chi connectivity index (χ3v) is 12.1. The van der Waals surface area contributed by atoms with Crippen LogP contribution in [0, 0.1) is 23.2 Å². The van der Waals surface area contributed by atoms with Crippen molar-refractivity contribution in [3.63, 3.8) is 0 Å². The smallest absolute Gasteiger partial charge is 0.327 e. The van der Waals surface area contributed by atoms with Gasteiger partial charge in [-0.05, 0) is 76.0 Å². The second kappa shape index (κ2) is 11.7. The van der Waals surface area contributed by atoms with E-state index in [9.17, 15) is 34.2 Å². The van der Waals surface area contributed by atoms with E-state index >= 15 is 0 Å². The molecule has 6 rings (SSSR count). The summed E-state index contributed by atoms with van der Waals surface area (Å²) in [6.07, 6.45) is 7.48. The van der Waals surface area contributed by atoms with E-state index in [2.05, 4.69) is 16.0 Å². The second-order valence-electron chi connectivity index (χ2n) is 12.7. The molecule has 13 heteroatoms. The minimum atomic E-state index is -1.42. The van der Waals surface area contributed by atoms with E-state index < -0.39 is 59.4 Å². The highest BCUT2D eigenvalue weighted by molar-refractivity contribution is 8.76. The number of nitrogens with one attached hydrogen (secondary N) is 3. The molecule has 2 saturated heterocycles. The van der Waals surface area contributed by atoms with Crippen LogP contribution in [-0.4, -0.2) is 86.6 Å². The lowest BCUT2D eigenvalue weighted by Crippen LogP contribution is -2.68. The zero-order valence-corrected chi connectivity index (χ0v) is 24.5. The standard InChI is InChI=1S/C27H40N4O7S2/c1-26(12-21(32)33)30-22(34)18(29-25(38)27-9-15-6-16(10-27)8-17(7-15)11-27)13-39-40-14-19(24(36)37)28-23(35)20-4-2-3-5-31(20)26/h15-20H,2-14H2,1H3,(H,28,35)(H,29,38)(H,30,34)(H,32,33)(H,36,37)/t15?,16?,17?,18?,19-,20-,26-,27?/m0/s1. The Labute approximate surface area is 242 Å². The number of piperidine rings is 1. The average molecular weight is 597 g/mol. The van der Waals surface area contributed by atoms with E-state index in [1.165, 1.54) is 40.9 Å². The molecule has 4 saturated carbocycles. The van der Waals surface area contributed by atoms with Gasteiger partial charge in [-0.15, -0.1) is 0 Å². The minimum Gasteiger partial charge on any atom is -0.481 e. The molecule has 1 unspecified atom stereocenters. The molecule has 0 aromatic rings. The van der Waals surface area contributed by atoms with Gasteiger partial charge >= 0.3 is 11.9 Å². The summed E-state index contributed by atoms with van der Waals surface area (Å²) < 4.78 is 0. The maximum atomic E-state index is 13.8. The number of carboxylic acids is 2. The number of hydrogen-bond donors (Lipinski definition) is 5. The Balaban J connectivity index is 1.41. The number of carboxylic acid groups (broad SMARTS) is 2. The van der Waals surface area contributed by atoms with E-state index in [0.717, 1.165) is 25.7 Å². The zero-order valence-electron chi connectivity index (χ0n) is 22.9. The van der Waals surface area contributed by atoms with Crippen LogP contribution in [0.2, 0.25) is 0 Å². The third-order valence-electron chi connectivity index (χ3n) is 9.64. The predicted molar refractivity (Wildman–Crippen MR) is 150 cm³/mol. The summed E-state index contributed by atoms with van der Waals surface area (Å²) in [6.45, 7) is 1.96. The fourth-order valence-corrected chi connectivity index (χ4v) is 10.5. The van der Waals surface area contributed by atoms with Gasteiger partial charge in [-0.3, -0.25) is 24.1 Å². The van der Waals surface area contributed by atoms with Gasteiger partial charge in [-0.2, -0.15) is 0 Å². The first kappa shape index (κ1) is 29.5. The van der Waals surface area contributed by atoms with Crippen molar-refractivity contribution in [1.29, 1.82) is 0 Å². The lowest BCUT2D eigenvalue weighted by Gasteiger charge is -2.55. The summed E-state index contributed by atoms with van der Waals surface area (Å²) in [5, 5.41) is 28.1. The van der Waals surface area contributed by atoms with Crippen LogP contribution in [-0.2, 0) is 24.0 Å². The first-order chi connectivity index (χ1) is 19.0. The summed E-state index contributed by atoms with van der Waals surface area (Å²) in [5.74, 6) is -1.44. The van der Waals surface area contributed by atoms with Crippen molar-refractivity contribution in [3.8, 4) is 0 Å². The summed E-state index contributed by atoms with van der Waals surface area (Å²) in [7, 11) is 2.49. The molecule has 0 aromatic carbocycles. The summed E-state index contributed by atoms with van der Waals surface area (Å²) in [6, 6.07) is -2.86. The van der Waals surface area contributed by atoms with Gasteiger partial charge in [0, 0.05) is 23.5 Å². The summed E-state index contributed by atoms with van der Waals surface area (Å²) >= 11 is 0. The van der Waals surface area contributed by atoms with Gasteiger partial charge in [-0.25, -0.2) is 4.79 Å². The number of hydrogen-bond acceptors (Lipinski definition) is 8. The first-order valence-electron chi connectivity index (χ1n) is 14.4. The van der Waals surface area contributed by atoms with Crippen LogP contribution in [0.25, 0.3) is 0 Å². The van der Waals surface area contributed by atoms with Crippen LogP contribution in [0.15, 0.2) is 0 Å². The molecule has 4 aliphatic carbocycles. The minimum absolute atomic E-state index is 0.0854. The van der Waals surface area contributed by atoms with E-state index in [-0.39, 0.29) is 17.4 Å². The number of nitrogens with zero attached hydrogens (tertiary/aromatic N) is 1. The molecule has 6 fully saturated rings. The molecular weight excluding hydrogens is 556 g/mol. The van der Waals surface area contributed by atoms with Crippen LogP contribution in [0.4, 0.5) is 0 Å². The molecule has 3 amide bonds. The van der Waals surface area contributed by atoms with Crippen LogP contribution < -0.4 is 16.0 Å². The number of amides is 3. The molecule has 0 radical (unpaired) electrons. The fourth-order valence-electron chi connectivity index (χ4n) is 8.22. The van der Waals surface area contributed by atoms with Crippen molar-refractivity contribution in [2.24, 2.45) is 23.2 Å². The van der Waals surface area contributed by atoms with Crippen molar-refractivity contribution in [2.45, 2.75) is 94.9 Å². The Morgan fingerprint density at radius 1 is 0.975 bits per heavy atom. The Kier molecular flexibility index (Phi) is 8.64. The number of carbonyl (C=O) groups excluding carboxylic acids is 3. The molecule has 0 aromatic heterocycles. The van der Waals surface area contributed by atoms with Crippen LogP contribution in [0.5, 0.6) is 0 Å². The summed E-state index contributed by atoms with van der Waals surface area (Å²) in [5.41, 5.74) is -1.87. The second-order valence-corrected chi connectivity index (χ2v) is 15.3. The number of fused-ring (bicyclic) bond motifs is 1. The largest absolute Gasteiger partial charge is 0.481 e. The lowest BCUT2D eigenvalue weighted by molar-refractivity contribution is -0.151. The number of aliphatic carboxylic acids is 2. The van der Waals surface area contributed by atoms with Gasteiger partial charge in [0.05, 0.1) is 12.5 Å². The van der Waals surface area contributed by atoms with Gasteiger partial charge in [0.25, 0.3) is 0 Å². The molecular formula is C27H40N4O7S2. The first-order valence-corrected chi connectivity index (χ1v) is 16.9. The van der Waals surface area contributed by atoms with Crippen molar-refractivity contribution >= 4 is 51.2 Å². The van der Waals surface area contributed by atoms with Crippen molar-refractivity contribution in [3.05, 3.63) is 0 Å². The van der Waals surface area contributed by atoms with Gasteiger partial charge in [-0.1, -0.05) is 28.0 Å². The van der Waals surface area contributed by atoms with Crippen molar-refractivity contribution < 1.29 is 34.2 Å². The Hall–Kier alpha value is -1.99. The molecule has 40 heavy (non-hydrogen) atoms. The highest BCUT2D eigenvalue weighted by atomic mass is 33.1. The molecule has 6 aliphatic rings. The molecule has 11 nitrogen and oxygen atoms in total. The Morgan fingerprint density at radius 2 is 1.60 bits per heavy atom. The third kappa shape index (κ3) is 6.11. The van der Waals surface area contributed by atoms with E-state index in [0.29, 0.717) is 37.1 Å². The molecule has 5 N–H and O–H groups in total.